The predicted octanol–water partition coefficient (Wildman–Crippen LogP) is 2.45. The molecular weight excluding hydrogens is 242 g/mol. The first kappa shape index (κ1) is 9.99. The molecule has 0 atom stereocenters. The van der Waals surface area contributed by atoms with Crippen LogP contribution in [0.4, 0.5) is 0 Å². The Morgan fingerprint density at radius 3 is 2.79 bits per heavy atom. The van der Waals surface area contributed by atoms with Crippen molar-refractivity contribution in [1.82, 2.24) is 5.32 Å². The molecule has 0 aliphatic heterocycles. The molecule has 1 aliphatic rings. The number of phenolic OH excluding ortho intramolecular Hbond substituents is 1. The summed E-state index contributed by atoms with van der Waals surface area (Å²) in [4.78, 5) is 0. The summed E-state index contributed by atoms with van der Waals surface area (Å²) in [6.07, 6.45) is 3.44. The Balaban J connectivity index is 2.20. The van der Waals surface area contributed by atoms with Crippen molar-refractivity contribution < 1.29 is 5.11 Å². The first-order chi connectivity index (χ1) is 6.65. The van der Waals surface area contributed by atoms with Crippen LogP contribution < -0.4 is 5.32 Å². The minimum absolute atomic E-state index is 0.288. The van der Waals surface area contributed by atoms with Crippen molar-refractivity contribution in [2.75, 3.05) is 7.05 Å². The maximum atomic E-state index is 9.39. The van der Waals surface area contributed by atoms with Crippen LogP contribution in [0, 0.1) is 0 Å². The zero-order valence-electron chi connectivity index (χ0n) is 8.18. The summed E-state index contributed by atoms with van der Waals surface area (Å²) >= 11 is 3.50. The minimum atomic E-state index is 0.288. The van der Waals surface area contributed by atoms with Gasteiger partial charge in [-0.2, -0.15) is 0 Å². The van der Waals surface area contributed by atoms with E-state index in [2.05, 4.69) is 21.2 Å². The van der Waals surface area contributed by atoms with Gasteiger partial charge in [0.2, 0.25) is 0 Å². The lowest BCUT2D eigenvalue weighted by atomic mass is 10.0. The predicted molar refractivity (Wildman–Crippen MR) is 60.5 cm³/mol. The Morgan fingerprint density at radius 2 is 2.21 bits per heavy atom. The Kier molecular flexibility index (Phi) is 2.54. The van der Waals surface area contributed by atoms with Crippen molar-refractivity contribution in [3.63, 3.8) is 0 Å². The molecule has 1 aromatic carbocycles. The fourth-order valence-electron chi connectivity index (χ4n) is 1.73. The highest BCUT2D eigenvalue weighted by molar-refractivity contribution is 9.10. The van der Waals surface area contributed by atoms with Crippen LogP contribution in [0.5, 0.6) is 5.75 Å². The van der Waals surface area contributed by atoms with Crippen molar-refractivity contribution in [2.24, 2.45) is 0 Å². The van der Waals surface area contributed by atoms with E-state index < -0.39 is 0 Å². The van der Waals surface area contributed by atoms with Gasteiger partial charge in [0.1, 0.15) is 5.75 Å². The zero-order valence-corrected chi connectivity index (χ0v) is 9.76. The molecule has 0 saturated heterocycles. The lowest BCUT2D eigenvalue weighted by Crippen LogP contribution is -2.29. The van der Waals surface area contributed by atoms with E-state index >= 15 is 0 Å². The number of halogens is 1. The number of rotatable bonds is 3. The average molecular weight is 256 g/mol. The van der Waals surface area contributed by atoms with Gasteiger partial charge < -0.3 is 10.4 Å². The second-order valence-corrected chi connectivity index (χ2v) is 4.84. The van der Waals surface area contributed by atoms with E-state index in [1.807, 2.05) is 19.2 Å². The molecular formula is C11H14BrNO. The van der Waals surface area contributed by atoms with Crippen molar-refractivity contribution in [2.45, 2.75) is 24.8 Å². The van der Waals surface area contributed by atoms with E-state index in [1.54, 1.807) is 6.07 Å². The van der Waals surface area contributed by atoms with Crippen LogP contribution in [-0.4, -0.2) is 17.7 Å². The van der Waals surface area contributed by atoms with Gasteiger partial charge in [-0.25, -0.2) is 0 Å². The maximum absolute atomic E-state index is 9.39. The van der Waals surface area contributed by atoms with E-state index in [-0.39, 0.29) is 5.54 Å². The van der Waals surface area contributed by atoms with Crippen LogP contribution in [0.15, 0.2) is 22.7 Å². The second kappa shape index (κ2) is 3.55. The first-order valence-electron chi connectivity index (χ1n) is 4.81. The van der Waals surface area contributed by atoms with Gasteiger partial charge in [-0.3, -0.25) is 0 Å². The van der Waals surface area contributed by atoms with E-state index in [4.69, 9.17) is 0 Å². The monoisotopic (exact) mass is 255 g/mol. The van der Waals surface area contributed by atoms with Crippen LogP contribution >= 0.6 is 15.9 Å². The molecule has 0 amide bonds. The Morgan fingerprint density at radius 1 is 1.50 bits per heavy atom. The van der Waals surface area contributed by atoms with Gasteiger partial charge in [0.15, 0.2) is 0 Å². The summed E-state index contributed by atoms with van der Waals surface area (Å²) in [6, 6.07) is 5.43. The van der Waals surface area contributed by atoms with Crippen LogP contribution in [0.3, 0.4) is 0 Å². The Labute approximate surface area is 92.5 Å². The van der Waals surface area contributed by atoms with Gasteiger partial charge in [0, 0.05) is 10.0 Å². The lowest BCUT2D eigenvalue weighted by Gasteiger charge is -2.15. The minimum Gasteiger partial charge on any atom is -0.508 e. The summed E-state index contributed by atoms with van der Waals surface area (Å²) in [5.74, 6) is 0.343. The summed E-state index contributed by atoms with van der Waals surface area (Å²) < 4.78 is 1.08. The smallest absolute Gasteiger partial charge is 0.115 e. The van der Waals surface area contributed by atoms with E-state index in [0.717, 1.165) is 10.9 Å². The normalized spacial score (nSPS) is 18.1. The van der Waals surface area contributed by atoms with Gasteiger partial charge in [0.05, 0.1) is 0 Å². The third kappa shape index (κ3) is 1.93. The van der Waals surface area contributed by atoms with Crippen LogP contribution in [-0.2, 0) is 6.42 Å². The molecule has 14 heavy (non-hydrogen) atoms. The molecule has 2 nitrogen and oxygen atoms in total. The summed E-state index contributed by atoms with van der Waals surface area (Å²) in [5, 5.41) is 12.7. The third-order valence-electron chi connectivity index (χ3n) is 2.94. The summed E-state index contributed by atoms with van der Waals surface area (Å²) in [7, 11) is 2.00. The fourth-order valence-corrected chi connectivity index (χ4v) is 2.11. The van der Waals surface area contributed by atoms with E-state index in [9.17, 15) is 5.11 Å². The highest BCUT2D eigenvalue weighted by Gasteiger charge is 2.41. The highest BCUT2D eigenvalue weighted by Crippen LogP contribution is 2.40. The molecule has 2 rings (SSSR count). The van der Waals surface area contributed by atoms with Crippen LogP contribution in [0.2, 0.25) is 0 Å². The van der Waals surface area contributed by atoms with Crippen LogP contribution in [0.1, 0.15) is 18.4 Å². The molecule has 0 spiro atoms. The van der Waals surface area contributed by atoms with Gasteiger partial charge >= 0.3 is 0 Å². The fraction of sp³-hybridized carbons (Fsp3) is 0.455. The molecule has 0 heterocycles. The van der Waals surface area contributed by atoms with Gasteiger partial charge in [0.25, 0.3) is 0 Å². The van der Waals surface area contributed by atoms with Crippen molar-refractivity contribution in [1.29, 1.82) is 0 Å². The molecule has 3 heteroatoms. The van der Waals surface area contributed by atoms with Gasteiger partial charge in [-0.1, -0.05) is 15.9 Å². The van der Waals surface area contributed by atoms with E-state index in [0.29, 0.717) is 5.75 Å². The number of likely N-dealkylation sites (N-methyl/N-ethyl adjacent to an activating group) is 1. The van der Waals surface area contributed by atoms with Gasteiger partial charge in [-0.05, 0) is 50.1 Å². The highest BCUT2D eigenvalue weighted by atomic mass is 79.9. The van der Waals surface area contributed by atoms with Crippen molar-refractivity contribution >= 4 is 15.9 Å². The molecule has 1 saturated carbocycles. The number of hydrogen-bond donors (Lipinski definition) is 2. The Hall–Kier alpha value is -0.540. The van der Waals surface area contributed by atoms with Crippen molar-refractivity contribution in [3.8, 4) is 5.75 Å². The largest absolute Gasteiger partial charge is 0.508 e. The third-order valence-corrected chi connectivity index (χ3v) is 3.72. The number of phenols is 1. The molecule has 0 aromatic heterocycles. The molecule has 0 unspecified atom stereocenters. The van der Waals surface area contributed by atoms with Gasteiger partial charge in [-0.15, -0.1) is 0 Å². The molecule has 1 aliphatic carbocycles. The summed E-state index contributed by atoms with van der Waals surface area (Å²) in [5.41, 5.74) is 1.47. The quantitative estimate of drug-likeness (QED) is 0.870. The molecule has 1 aromatic rings. The first-order valence-corrected chi connectivity index (χ1v) is 5.61. The van der Waals surface area contributed by atoms with E-state index in [1.165, 1.54) is 18.4 Å². The van der Waals surface area contributed by atoms with Crippen LogP contribution in [0.25, 0.3) is 0 Å². The average Bonchev–Trinajstić information content (AvgIpc) is 2.92. The summed E-state index contributed by atoms with van der Waals surface area (Å²) in [6.45, 7) is 0. The second-order valence-electron chi connectivity index (χ2n) is 3.98. The number of benzene rings is 1. The number of hydrogen-bond acceptors (Lipinski definition) is 2. The maximum Gasteiger partial charge on any atom is 0.115 e. The zero-order chi connectivity index (χ0) is 10.2. The SMILES string of the molecule is CNC1(Cc2cc(O)ccc2Br)CC1. The molecule has 1 fully saturated rings. The standard InChI is InChI=1S/C11H14BrNO/c1-13-11(4-5-11)7-8-6-9(14)2-3-10(8)12/h2-3,6,13-14H,4-5,7H2,1H3. The lowest BCUT2D eigenvalue weighted by molar-refractivity contribution is 0.472. The molecule has 2 N–H and O–H groups in total. The van der Waals surface area contributed by atoms with Crippen molar-refractivity contribution in [3.05, 3.63) is 28.2 Å². The molecule has 76 valence electrons. The topological polar surface area (TPSA) is 32.3 Å². The molecule has 0 radical (unpaired) electrons. The number of nitrogens with one attached hydrogen (secondary N) is 1. The molecule has 0 bridgehead atoms. The number of aromatic hydroxyl groups is 1. The Bertz CT molecular complexity index is 347.